The fourth-order valence-electron chi connectivity index (χ4n) is 2.65. The summed E-state index contributed by atoms with van der Waals surface area (Å²) in [5.41, 5.74) is 2.58. The van der Waals surface area contributed by atoms with Gasteiger partial charge in [0.2, 0.25) is 0 Å². The molecule has 0 saturated heterocycles. The highest BCUT2D eigenvalue weighted by molar-refractivity contribution is 6.07. The minimum absolute atomic E-state index is 0.0384. The molecule has 3 aromatic carbocycles. The van der Waals surface area contributed by atoms with Crippen LogP contribution in [0.15, 0.2) is 72.8 Å². The number of carbonyl (C=O) groups excluding carboxylic acids is 1. The second-order valence-corrected chi connectivity index (χ2v) is 5.75. The molecule has 0 unspecified atom stereocenters. The molecule has 0 heterocycles. The Bertz CT molecular complexity index is 956. The summed E-state index contributed by atoms with van der Waals surface area (Å²) in [6.07, 6.45) is 0. The maximum absolute atomic E-state index is 12.5. The van der Waals surface area contributed by atoms with E-state index in [4.69, 9.17) is 0 Å². The van der Waals surface area contributed by atoms with Crippen LogP contribution in [0.4, 0.5) is 22.7 Å². The summed E-state index contributed by atoms with van der Waals surface area (Å²) >= 11 is 0. The molecule has 0 aliphatic heterocycles. The van der Waals surface area contributed by atoms with Crippen molar-refractivity contribution in [2.45, 2.75) is 6.92 Å². The second kappa shape index (κ2) is 7.48. The molecule has 0 atom stereocenters. The average molecular weight is 347 g/mol. The Morgan fingerprint density at radius 3 is 2.27 bits per heavy atom. The summed E-state index contributed by atoms with van der Waals surface area (Å²) < 4.78 is 0. The maximum Gasteiger partial charge on any atom is 0.285 e. The molecule has 0 radical (unpaired) electrons. The van der Waals surface area contributed by atoms with Crippen LogP contribution in [-0.2, 0) is 0 Å². The Morgan fingerprint density at radius 1 is 0.885 bits per heavy atom. The third-order valence-electron chi connectivity index (χ3n) is 3.85. The van der Waals surface area contributed by atoms with Crippen LogP contribution in [0.5, 0.6) is 0 Å². The van der Waals surface area contributed by atoms with Crippen LogP contribution in [0.1, 0.15) is 15.9 Å². The molecule has 0 fully saturated rings. The van der Waals surface area contributed by atoms with Gasteiger partial charge in [0, 0.05) is 22.6 Å². The number of para-hydroxylation sites is 2. The number of carbonyl (C=O) groups is 1. The van der Waals surface area contributed by atoms with Gasteiger partial charge in [0.25, 0.3) is 11.6 Å². The quantitative estimate of drug-likeness (QED) is 0.508. The Labute approximate surface area is 150 Å². The van der Waals surface area contributed by atoms with E-state index in [9.17, 15) is 14.9 Å². The SMILES string of the molecule is Cc1cccc(C(=O)Nc2cccc(Nc3ccccc3)c2)c1[N+](=O)[O-]. The molecule has 26 heavy (non-hydrogen) atoms. The number of rotatable bonds is 5. The number of amides is 1. The molecule has 6 heteroatoms. The minimum atomic E-state index is -0.530. The molecule has 0 saturated carbocycles. The number of nitrogens with one attached hydrogen (secondary N) is 2. The van der Waals surface area contributed by atoms with Crippen molar-refractivity contribution in [3.8, 4) is 0 Å². The number of benzene rings is 3. The number of aryl methyl sites for hydroxylation is 1. The molecule has 3 rings (SSSR count). The summed E-state index contributed by atoms with van der Waals surface area (Å²) in [7, 11) is 0. The van der Waals surface area contributed by atoms with Crippen LogP contribution in [0, 0.1) is 17.0 Å². The zero-order chi connectivity index (χ0) is 18.5. The van der Waals surface area contributed by atoms with E-state index in [1.54, 1.807) is 37.3 Å². The molecule has 1 amide bonds. The van der Waals surface area contributed by atoms with Gasteiger partial charge >= 0.3 is 0 Å². The molecule has 0 aliphatic carbocycles. The highest BCUT2D eigenvalue weighted by Gasteiger charge is 2.22. The lowest BCUT2D eigenvalue weighted by molar-refractivity contribution is -0.385. The predicted molar refractivity (Wildman–Crippen MR) is 102 cm³/mol. The van der Waals surface area contributed by atoms with E-state index >= 15 is 0 Å². The molecular formula is C20H17N3O3. The molecule has 0 aromatic heterocycles. The summed E-state index contributed by atoms with van der Waals surface area (Å²) in [5, 5.41) is 17.2. The number of hydrogen-bond acceptors (Lipinski definition) is 4. The van der Waals surface area contributed by atoms with Crippen LogP contribution in [0.25, 0.3) is 0 Å². The van der Waals surface area contributed by atoms with Gasteiger partial charge in [-0.15, -0.1) is 0 Å². The number of hydrogen-bond donors (Lipinski definition) is 2. The monoisotopic (exact) mass is 347 g/mol. The number of nitro benzene ring substituents is 1. The third kappa shape index (κ3) is 3.87. The first-order valence-electron chi connectivity index (χ1n) is 8.02. The molecule has 0 spiro atoms. The molecule has 2 N–H and O–H groups in total. The van der Waals surface area contributed by atoms with Crippen LogP contribution in [0.3, 0.4) is 0 Å². The van der Waals surface area contributed by atoms with Crippen molar-refractivity contribution in [3.63, 3.8) is 0 Å². The molecule has 0 bridgehead atoms. The zero-order valence-corrected chi connectivity index (χ0v) is 14.1. The third-order valence-corrected chi connectivity index (χ3v) is 3.85. The van der Waals surface area contributed by atoms with Crippen molar-refractivity contribution >= 4 is 28.7 Å². The first kappa shape index (κ1) is 17.2. The lowest BCUT2D eigenvalue weighted by atomic mass is 10.1. The van der Waals surface area contributed by atoms with Gasteiger partial charge in [0.15, 0.2) is 0 Å². The molecule has 6 nitrogen and oxygen atoms in total. The summed E-state index contributed by atoms with van der Waals surface area (Å²) in [6, 6.07) is 21.5. The zero-order valence-electron chi connectivity index (χ0n) is 14.1. The molecule has 0 aliphatic rings. The smallest absolute Gasteiger partial charge is 0.285 e. The standard InChI is InChI=1S/C20H17N3O3/c1-14-7-5-12-18(19(14)23(25)26)20(24)22-17-11-6-10-16(13-17)21-15-8-3-2-4-9-15/h2-13,21H,1H3,(H,22,24). The highest BCUT2D eigenvalue weighted by atomic mass is 16.6. The molecule has 3 aromatic rings. The van der Waals surface area contributed by atoms with Gasteiger partial charge in [0.1, 0.15) is 5.56 Å². The van der Waals surface area contributed by atoms with E-state index in [-0.39, 0.29) is 11.3 Å². The predicted octanol–water partition coefficient (Wildman–Crippen LogP) is 4.90. The Morgan fingerprint density at radius 2 is 1.54 bits per heavy atom. The van der Waals surface area contributed by atoms with Crippen LogP contribution >= 0.6 is 0 Å². The van der Waals surface area contributed by atoms with Crippen molar-refractivity contribution in [3.05, 3.63) is 94.0 Å². The van der Waals surface area contributed by atoms with Crippen molar-refractivity contribution in [2.24, 2.45) is 0 Å². The van der Waals surface area contributed by atoms with Crippen LogP contribution in [-0.4, -0.2) is 10.8 Å². The lowest BCUT2D eigenvalue weighted by Gasteiger charge is -2.10. The average Bonchev–Trinajstić information content (AvgIpc) is 2.62. The van der Waals surface area contributed by atoms with Gasteiger partial charge in [-0.3, -0.25) is 14.9 Å². The van der Waals surface area contributed by atoms with E-state index in [2.05, 4.69) is 10.6 Å². The van der Waals surface area contributed by atoms with Gasteiger partial charge in [-0.1, -0.05) is 36.4 Å². The fourth-order valence-corrected chi connectivity index (χ4v) is 2.65. The normalized spacial score (nSPS) is 10.2. The Kier molecular flexibility index (Phi) is 4.94. The summed E-state index contributed by atoms with van der Waals surface area (Å²) in [6.45, 7) is 1.61. The first-order valence-corrected chi connectivity index (χ1v) is 8.02. The number of nitro groups is 1. The maximum atomic E-state index is 12.5. The minimum Gasteiger partial charge on any atom is -0.355 e. The van der Waals surface area contributed by atoms with Crippen LogP contribution in [0.2, 0.25) is 0 Å². The summed E-state index contributed by atoms with van der Waals surface area (Å²) in [4.78, 5) is 23.3. The van der Waals surface area contributed by atoms with E-state index in [0.717, 1.165) is 11.4 Å². The van der Waals surface area contributed by atoms with Crippen molar-refractivity contribution in [1.29, 1.82) is 0 Å². The van der Waals surface area contributed by atoms with E-state index < -0.39 is 10.8 Å². The fraction of sp³-hybridized carbons (Fsp3) is 0.0500. The molecule has 130 valence electrons. The van der Waals surface area contributed by atoms with E-state index in [0.29, 0.717) is 11.3 Å². The van der Waals surface area contributed by atoms with Crippen molar-refractivity contribution in [2.75, 3.05) is 10.6 Å². The second-order valence-electron chi connectivity index (χ2n) is 5.75. The molecular weight excluding hydrogens is 330 g/mol. The number of nitrogens with zero attached hydrogens (tertiary/aromatic N) is 1. The Hall–Kier alpha value is -3.67. The topological polar surface area (TPSA) is 84.3 Å². The van der Waals surface area contributed by atoms with Crippen LogP contribution < -0.4 is 10.6 Å². The van der Waals surface area contributed by atoms with Gasteiger partial charge in [-0.25, -0.2) is 0 Å². The van der Waals surface area contributed by atoms with E-state index in [1.165, 1.54) is 6.07 Å². The van der Waals surface area contributed by atoms with Crippen molar-refractivity contribution < 1.29 is 9.72 Å². The Balaban J connectivity index is 1.82. The van der Waals surface area contributed by atoms with Gasteiger partial charge in [-0.2, -0.15) is 0 Å². The number of anilines is 3. The van der Waals surface area contributed by atoms with E-state index in [1.807, 2.05) is 36.4 Å². The van der Waals surface area contributed by atoms with Gasteiger partial charge in [0.05, 0.1) is 4.92 Å². The van der Waals surface area contributed by atoms with Gasteiger partial charge < -0.3 is 10.6 Å². The summed E-state index contributed by atoms with van der Waals surface area (Å²) in [5.74, 6) is -0.516. The lowest BCUT2D eigenvalue weighted by Crippen LogP contribution is -2.14. The van der Waals surface area contributed by atoms with Gasteiger partial charge in [-0.05, 0) is 43.3 Å². The van der Waals surface area contributed by atoms with Crippen molar-refractivity contribution in [1.82, 2.24) is 0 Å². The first-order chi connectivity index (χ1) is 12.5. The highest BCUT2D eigenvalue weighted by Crippen LogP contribution is 2.25. The largest absolute Gasteiger partial charge is 0.355 e.